The smallest absolute Gasteiger partial charge is 0.337 e. The maximum absolute atomic E-state index is 11.8. The molecule has 0 aliphatic rings. The third kappa shape index (κ3) is 5.73. The Morgan fingerprint density at radius 2 is 1.77 bits per heavy atom. The van der Waals surface area contributed by atoms with E-state index in [4.69, 9.17) is 4.43 Å². The Morgan fingerprint density at radius 1 is 1.18 bits per heavy atom. The van der Waals surface area contributed by atoms with Gasteiger partial charge in [-0.1, -0.05) is 0 Å². The first-order valence-electron chi connectivity index (χ1n) is 7.04. The molecule has 1 amide bonds. The second-order valence-electron chi connectivity index (χ2n) is 5.77. The van der Waals surface area contributed by atoms with Gasteiger partial charge in [-0.05, 0) is 50.0 Å². The summed E-state index contributed by atoms with van der Waals surface area (Å²) in [6, 6.07) is 6.72. The van der Waals surface area contributed by atoms with E-state index in [0.29, 0.717) is 12.1 Å². The highest BCUT2D eigenvalue weighted by Crippen LogP contribution is 2.16. The fourth-order valence-electron chi connectivity index (χ4n) is 1.71. The van der Waals surface area contributed by atoms with Crippen molar-refractivity contribution in [3.63, 3.8) is 0 Å². The molecule has 0 fully saturated rings. The number of carbonyl (C=O) groups excluding carboxylic acids is 2. The van der Waals surface area contributed by atoms with Crippen molar-refractivity contribution in [3.05, 3.63) is 42.2 Å². The van der Waals surface area contributed by atoms with Crippen molar-refractivity contribution in [2.45, 2.75) is 26.6 Å². The third-order valence-corrected chi connectivity index (χ3v) is 3.63. The van der Waals surface area contributed by atoms with Crippen molar-refractivity contribution in [1.29, 1.82) is 0 Å². The van der Waals surface area contributed by atoms with Crippen LogP contribution in [0, 0.1) is 0 Å². The van der Waals surface area contributed by atoms with Gasteiger partial charge < -0.3 is 14.1 Å². The first-order chi connectivity index (χ1) is 10.2. The minimum Gasteiger partial charge on any atom is -0.550 e. The van der Waals surface area contributed by atoms with Crippen LogP contribution in [0.25, 0.3) is 0 Å². The minimum atomic E-state index is -1.60. The standard InChI is InChI=1S/C16H23NO4Si/c1-13(18)17(11-6-12-21-22(3,4)5)15-9-7-14(8-10-15)16(19)20-2/h6-10,12H,11H2,1-5H3/b12-6+. The van der Waals surface area contributed by atoms with Gasteiger partial charge in [-0.25, -0.2) is 4.79 Å². The van der Waals surface area contributed by atoms with Crippen LogP contribution in [-0.4, -0.2) is 33.8 Å². The summed E-state index contributed by atoms with van der Waals surface area (Å²) in [6.45, 7) is 8.18. The molecule has 0 aliphatic heterocycles. The van der Waals surface area contributed by atoms with E-state index in [1.807, 2.05) is 6.08 Å². The Kier molecular flexibility index (Phi) is 6.36. The van der Waals surface area contributed by atoms with Gasteiger partial charge in [0.25, 0.3) is 0 Å². The normalized spacial score (nSPS) is 11.3. The summed E-state index contributed by atoms with van der Waals surface area (Å²) >= 11 is 0. The molecule has 6 heteroatoms. The average molecular weight is 321 g/mol. The Bertz CT molecular complexity index is 546. The Morgan fingerprint density at radius 3 is 2.23 bits per heavy atom. The van der Waals surface area contributed by atoms with Crippen LogP contribution in [0.5, 0.6) is 0 Å². The van der Waals surface area contributed by atoms with Gasteiger partial charge in [-0.2, -0.15) is 0 Å². The van der Waals surface area contributed by atoms with Crippen LogP contribution in [0.4, 0.5) is 5.69 Å². The molecular weight excluding hydrogens is 298 g/mol. The number of nitrogens with zero attached hydrogens (tertiary/aromatic N) is 1. The Labute approximate surface area is 132 Å². The predicted molar refractivity (Wildman–Crippen MR) is 89.4 cm³/mol. The zero-order chi connectivity index (χ0) is 16.8. The molecule has 0 radical (unpaired) electrons. The van der Waals surface area contributed by atoms with Crippen molar-refractivity contribution < 1.29 is 18.8 Å². The largest absolute Gasteiger partial charge is 0.550 e. The van der Waals surface area contributed by atoms with Crippen molar-refractivity contribution in [2.24, 2.45) is 0 Å². The van der Waals surface area contributed by atoms with Gasteiger partial charge in [-0.3, -0.25) is 4.79 Å². The molecule has 0 bridgehead atoms. The van der Waals surface area contributed by atoms with Crippen molar-refractivity contribution in [1.82, 2.24) is 0 Å². The maximum Gasteiger partial charge on any atom is 0.337 e. The highest BCUT2D eigenvalue weighted by molar-refractivity contribution is 6.69. The number of anilines is 1. The van der Waals surface area contributed by atoms with Crippen molar-refractivity contribution in [2.75, 3.05) is 18.6 Å². The van der Waals surface area contributed by atoms with E-state index in [9.17, 15) is 9.59 Å². The van der Waals surface area contributed by atoms with Crippen LogP contribution in [0.2, 0.25) is 19.6 Å². The SMILES string of the molecule is COC(=O)c1ccc(N(C/C=C/O[Si](C)(C)C)C(C)=O)cc1. The molecule has 22 heavy (non-hydrogen) atoms. The number of rotatable bonds is 6. The number of amides is 1. The minimum absolute atomic E-state index is 0.0801. The molecule has 0 saturated carbocycles. The van der Waals surface area contributed by atoms with Crippen LogP contribution in [-0.2, 0) is 14.0 Å². The molecule has 1 aromatic carbocycles. The van der Waals surface area contributed by atoms with Crippen molar-refractivity contribution in [3.8, 4) is 0 Å². The molecule has 1 rings (SSSR count). The topological polar surface area (TPSA) is 55.8 Å². The molecular formula is C16H23NO4Si. The van der Waals surface area contributed by atoms with Gasteiger partial charge in [-0.15, -0.1) is 0 Å². The highest BCUT2D eigenvalue weighted by atomic mass is 28.4. The number of ether oxygens (including phenoxy) is 1. The Hall–Kier alpha value is -2.08. The molecule has 0 spiro atoms. The molecule has 0 N–H and O–H groups in total. The maximum atomic E-state index is 11.8. The number of methoxy groups -OCH3 is 1. The molecule has 0 atom stereocenters. The van der Waals surface area contributed by atoms with E-state index in [2.05, 4.69) is 24.4 Å². The summed E-state index contributed by atoms with van der Waals surface area (Å²) < 4.78 is 10.3. The van der Waals surface area contributed by atoms with E-state index in [-0.39, 0.29) is 5.91 Å². The molecule has 0 aromatic heterocycles. The lowest BCUT2D eigenvalue weighted by atomic mass is 10.2. The summed E-state index contributed by atoms with van der Waals surface area (Å²) in [6.07, 6.45) is 3.47. The van der Waals surface area contributed by atoms with E-state index in [1.165, 1.54) is 14.0 Å². The fourth-order valence-corrected chi connectivity index (χ4v) is 2.22. The number of carbonyl (C=O) groups is 2. The lowest BCUT2D eigenvalue weighted by molar-refractivity contribution is -0.116. The van der Waals surface area contributed by atoms with Crippen LogP contribution in [0.15, 0.2) is 36.6 Å². The lowest BCUT2D eigenvalue weighted by Gasteiger charge is -2.20. The van der Waals surface area contributed by atoms with Gasteiger partial charge in [0.2, 0.25) is 14.2 Å². The zero-order valence-electron chi connectivity index (χ0n) is 13.8. The summed E-state index contributed by atoms with van der Waals surface area (Å²) in [4.78, 5) is 24.8. The second-order valence-corrected chi connectivity index (χ2v) is 10.2. The molecule has 0 saturated heterocycles. The monoisotopic (exact) mass is 321 g/mol. The zero-order valence-corrected chi connectivity index (χ0v) is 14.8. The Balaban J connectivity index is 2.79. The second kappa shape index (κ2) is 7.79. The molecule has 5 nitrogen and oxygen atoms in total. The van der Waals surface area contributed by atoms with Gasteiger partial charge in [0.15, 0.2) is 0 Å². The number of hydrogen-bond acceptors (Lipinski definition) is 4. The molecule has 0 heterocycles. The molecule has 0 aliphatic carbocycles. The van der Waals surface area contributed by atoms with Gasteiger partial charge in [0.1, 0.15) is 0 Å². The van der Waals surface area contributed by atoms with E-state index < -0.39 is 14.3 Å². The van der Waals surface area contributed by atoms with E-state index in [0.717, 1.165) is 5.69 Å². The molecule has 0 unspecified atom stereocenters. The fraction of sp³-hybridized carbons (Fsp3) is 0.375. The number of hydrogen-bond donors (Lipinski definition) is 0. The third-order valence-electron chi connectivity index (χ3n) is 2.79. The number of esters is 1. The van der Waals surface area contributed by atoms with Gasteiger partial charge in [0.05, 0.1) is 18.9 Å². The first-order valence-corrected chi connectivity index (χ1v) is 10.4. The van der Waals surface area contributed by atoms with E-state index in [1.54, 1.807) is 35.4 Å². The lowest BCUT2D eigenvalue weighted by Crippen LogP contribution is -2.29. The first kappa shape index (κ1) is 18.0. The van der Waals surface area contributed by atoms with Gasteiger partial charge >= 0.3 is 5.97 Å². The average Bonchev–Trinajstić information content (AvgIpc) is 2.45. The summed E-state index contributed by atoms with van der Waals surface area (Å²) in [7, 11) is -0.267. The highest BCUT2D eigenvalue weighted by Gasteiger charge is 2.14. The summed E-state index contributed by atoms with van der Waals surface area (Å²) in [5.41, 5.74) is 1.17. The van der Waals surface area contributed by atoms with E-state index >= 15 is 0 Å². The predicted octanol–water partition coefficient (Wildman–Crippen LogP) is 3.19. The van der Waals surface area contributed by atoms with Gasteiger partial charge in [0, 0.05) is 19.2 Å². The van der Waals surface area contributed by atoms with Crippen molar-refractivity contribution >= 4 is 25.9 Å². The molecule has 120 valence electrons. The summed E-state index contributed by atoms with van der Waals surface area (Å²) in [5.74, 6) is -0.479. The van der Waals surface area contributed by atoms with Crippen LogP contribution < -0.4 is 4.90 Å². The summed E-state index contributed by atoms with van der Waals surface area (Å²) in [5, 5.41) is 0. The van der Waals surface area contributed by atoms with Crippen LogP contribution >= 0.6 is 0 Å². The molecule has 1 aromatic rings. The van der Waals surface area contributed by atoms with Crippen LogP contribution in [0.3, 0.4) is 0 Å². The number of benzene rings is 1. The quantitative estimate of drug-likeness (QED) is 0.459. The van der Waals surface area contributed by atoms with Crippen LogP contribution in [0.1, 0.15) is 17.3 Å².